The van der Waals surface area contributed by atoms with E-state index in [0.717, 1.165) is 13.0 Å². The quantitative estimate of drug-likeness (QED) is 0.637. The molecule has 0 atom stereocenters. The van der Waals surface area contributed by atoms with Gasteiger partial charge in [0.25, 0.3) is 0 Å². The van der Waals surface area contributed by atoms with Crippen LogP contribution in [0.25, 0.3) is 0 Å². The maximum atomic E-state index is 11.2. The number of nitrogens with zero attached hydrogens (tertiary/aromatic N) is 1. The summed E-state index contributed by atoms with van der Waals surface area (Å²) in [5, 5.41) is 3.09. The Balaban J connectivity index is 3.52. The first-order valence-electron chi connectivity index (χ1n) is 4.85. The number of amides is 1. The fraction of sp³-hybridized carbons (Fsp3) is 0.900. The summed E-state index contributed by atoms with van der Waals surface area (Å²) in [5.41, 5.74) is -0.117. The lowest BCUT2D eigenvalue weighted by Gasteiger charge is -2.22. The highest BCUT2D eigenvalue weighted by Gasteiger charge is 2.15. The zero-order valence-corrected chi connectivity index (χ0v) is 9.89. The molecule has 0 aliphatic carbocycles. The first kappa shape index (κ1) is 13.4. The molecule has 84 valence electrons. The number of likely N-dealkylation sites (N-methyl/N-ethyl adjacent to an activating group) is 1. The Morgan fingerprint density at radius 1 is 1.43 bits per heavy atom. The van der Waals surface area contributed by atoms with Crippen LogP contribution < -0.4 is 5.32 Å². The molecule has 0 rings (SSSR count). The molecule has 0 saturated heterocycles. The minimum absolute atomic E-state index is 0.0974. The Bertz CT molecular complexity index is 179. The molecule has 0 aromatic carbocycles. The van der Waals surface area contributed by atoms with Crippen molar-refractivity contribution >= 4 is 5.91 Å². The fourth-order valence-corrected chi connectivity index (χ4v) is 0.845. The fourth-order valence-electron chi connectivity index (χ4n) is 0.845. The van der Waals surface area contributed by atoms with Gasteiger partial charge in [-0.15, -0.1) is 0 Å². The van der Waals surface area contributed by atoms with E-state index in [9.17, 15) is 4.79 Å². The minimum atomic E-state index is -0.117. The zero-order chi connectivity index (χ0) is 11.2. The minimum Gasteiger partial charge on any atom is -0.379 e. The Morgan fingerprint density at radius 3 is 2.43 bits per heavy atom. The number of carbonyl (C=O) groups excluding carboxylic acids is 1. The molecule has 0 heterocycles. The molecule has 0 radical (unpaired) electrons. The van der Waals surface area contributed by atoms with Gasteiger partial charge >= 0.3 is 0 Å². The number of rotatable bonds is 6. The highest BCUT2D eigenvalue weighted by atomic mass is 16.5. The van der Waals surface area contributed by atoms with Gasteiger partial charge in [0.05, 0.1) is 12.1 Å². The van der Waals surface area contributed by atoms with Gasteiger partial charge in [-0.2, -0.15) is 0 Å². The molecule has 4 nitrogen and oxygen atoms in total. The van der Waals surface area contributed by atoms with E-state index < -0.39 is 0 Å². The third-order valence-corrected chi connectivity index (χ3v) is 2.23. The van der Waals surface area contributed by atoms with Gasteiger partial charge in [0.1, 0.15) is 0 Å². The second-order valence-corrected chi connectivity index (χ2v) is 4.18. The van der Waals surface area contributed by atoms with Crippen molar-refractivity contribution in [1.29, 1.82) is 0 Å². The lowest BCUT2D eigenvalue weighted by Crippen LogP contribution is -2.36. The Hall–Kier alpha value is -0.610. The first-order valence-corrected chi connectivity index (χ1v) is 4.85. The molecular formula is C10H22N2O2. The SMILES string of the molecule is COC(C)(C)CCNCC(=O)N(C)C. The van der Waals surface area contributed by atoms with Gasteiger partial charge in [-0.1, -0.05) is 0 Å². The number of methoxy groups -OCH3 is 1. The summed E-state index contributed by atoms with van der Waals surface area (Å²) < 4.78 is 5.26. The summed E-state index contributed by atoms with van der Waals surface area (Å²) in [7, 11) is 5.21. The van der Waals surface area contributed by atoms with Gasteiger partial charge < -0.3 is 15.0 Å². The van der Waals surface area contributed by atoms with Gasteiger partial charge in [0.15, 0.2) is 0 Å². The van der Waals surface area contributed by atoms with Crippen molar-refractivity contribution < 1.29 is 9.53 Å². The second kappa shape index (κ2) is 5.98. The van der Waals surface area contributed by atoms with Crippen LogP contribution in [0, 0.1) is 0 Å². The second-order valence-electron chi connectivity index (χ2n) is 4.18. The van der Waals surface area contributed by atoms with Gasteiger partial charge in [-0.05, 0) is 26.8 Å². The largest absolute Gasteiger partial charge is 0.379 e. The average Bonchev–Trinajstić information content (AvgIpc) is 2.12. The Labute approximate surface area is 86.6 Å². The van der Waals surface area contributed by atoms with Crippen molar-refractivity contribution in [3.8, 4) is 0 Å². The molecule has 0 fully saturated rings. The van der Waals surface area contributed by atoms with Gasteiger partial charge in [0, 0.05) is 21.2 Å². The number of hydrogen-bond donors (Lipinski definition) is 1. The summed E-state index contributed by atoms with van der Waals surface area (Å²) in [4.78, 5) is 12.7. The van der Waals surface area contributed by atoms with E-state index in [0.29, 0.717) is 6.54 Å². The number of carbonyl (C=O) groups is 1. The van der Waals surface area contributed by atoms with Gasteiger partial charge in [-0.25, -0.2) is 0 Å². The first-order chi connectivity index (χ1) is 6.39. The summed E-state index contributed by atoms with van der Waals surface area (Å²) in [6, 6.07) is 0. The predicted octanol–water partition coefficient (Wildman–Crippen LogP) is 0.479. The monoisotopic (exact) mass is 202 g/mol. The van der Waals surface area contributed by atoms with E-state index in [1.165, 1.54) is 0 Å². The number of ether oxygens (including phenoxy) is 1. The van der Waals surface area contributed by atoms with Crippen molar-refractivity contribution in [2.45, 2.75) is 25.9 Å². The predicted molar refractivity (Wildman–Crippen MR) is 57.3 cm³/mol. The van der Waals surface area contributed by atoms with Crippen LogP contribution in [0.5, 0.6) is 0 Å². The van der Waals surface area contributed by atoms with E-state index >= 15 is 0 Å². The highest BCUT2D eigenvalue weighted by Crippen LogP contribution is 2.10. The normalized spacial score (nSPS) is 11.5. The molecule has 0 aliphatic heterocycles. The van der Waals surface area contributed by atoms with Gasteiger partial charge in [-0.3, -0.25) is 4.79 Å². The van der Waals surface area contributed by atoms with Crippen molar-refractivity contribution in [2.75, 3.05) is 34.3 Å². The maximum Gasteiger partial charge on any atom is 0.236 e. The average molecular weight is 202 g/mol. The molecule has 14 heavy (non-hydrogen) atoms. The van der Waals surface area contributed by atoms with Crippen molar-refractivity contribution in [3.63, 3.8) is 0 Å². The molecule has 1 amide bonds. The van der Waals surface area contributed by atoms with E-state index in [2.05, 4.69) is 5.32 Å². The molecule has 0 spiro atoms. The van der Waals surface area contributed by atoms with Crippen molar-refractivity contribution in [3.05, 3.63) is 0 Å². The third kappa shape index (κ3) is 5.94. The number of nitrogens with one attached hydrogen (secondary N) is 1. The summed E-state index contributed by atoms with van der Waals surface area (Å²) >= 11 is 0. The lowest BCUT2D eigenvalue weighted by molar-refractivity contribution is -0.127. The van der Waals surface area contributed by atoms with E-state index in [1.54, 1.807) is 26.1 Å². The standard InChI is InChI=1S/C10H22N2O2/c1-10(2,14-5)6-7-11-8-9(13)12(3)4/h11H,6-8H2,1-5H3. The van der Waals surface area contributed by atoms with Crippen LogP contribution in [0.1, 0.15) is 20.3 Å². The van der Waals surface area contributed by atoms with Crippen LogP contribution >= 0.6 is 0 Å². The third-order valence-electron chi connectivity index (χ3n) is 2.23. The van der Waals surface area contributed by atoms with E-state index in [1.807, 2.05) is 13.8 Å². The summed E-state index contributed by atoms with van der Waals surface area (Å²) in [6.07, 6.45) is 0.893. The van der Waals surface area contributed by atoms with Crippen LogP contribution in [-0.4, -0.2) is 50.7 Å². The molecule has 0 saturated carbocycles. The maximum absolute atomic E-state index is 11.2. The van der Waals surface area contributed by atoms with Crippen LogP contribution in [0.4, 0.5) is 0 Å². The molecular weight excluding hydrogens is 180 g/mol. The molecule has 0 unspecified atom stereocenters. The molecule has 4 heteroatoms. The molecule has 0 aromatic heterocycles. The van der Waals surface area contributed by atoms with E-state index in [-0.39, 0.29) is 11.5 Å². The topological polar surface area (TPSA) is 41.6 Å². The van der Waals surface area contributed by atoms with Gasteiger partial charge in [0.2, 0.25) is 5.91 Å². The molecule has 0 aliphatic rings. The number of hydrogen-bond acceptors (Lipinski definition) is 3. The van der Waals surface area contributed by atoms with Crippen LogP contribution in [0.15, 0.2) is 0 Å². The lowest BCUT2D eigenvalue weighted by atomic mass is 10.1. The van der Waals surface area contributed by atoms with E-state index in [4.69, 9.17) is 4.74 Å². The highest BCUT2D eigenvalue weighted by molar-refractivity contribution is 5.77. The molecule has 0 bridgehead atoms. The molecule has 0 aromatic rings. The Morgan fingerprint density at radius 2 is 2.00 bits per heavy atom. The van der Waals surface area contributed by atoms with Crippen molar-refractivity contribution in [1.82, 2.24) is 10.2 Å². The van der Waals surface area contributed by atoms with Crippen LogP contribution in [0.3, 0.4) is 0 Å². The van der Waals surface area contributed by atoms with Crippen LogP contribution in [-0.2, 0) is 9.53 Å². The summed E-state index contributed by atoms with van der Waals surface area (Å²) in [5.74, 6) is 0.0974. The Kier molecular flexibility index (Phi) is 5.72. The van der Waals surface area contributed by atoms with Crippen molar-refractivity contribution in [2.24, 2.45) is 0 Å². The zero-order valence-electron chi connectivity index (χ0n) is 9.89. The van der Waals surface area contributed by atoms with Crippen LogP contribution in [0.2, 0.25) is 0 Å². The smallest absolute Gasteiger partial charge is 0.236 e. The summed E-state index contributed by atoms with van der Waals surface area (Å²) in [6.45, 7) is 5.25. The molecule has 1 N–H and O–H groups in total.